The topological polar surface area (TPSA) is 76.0 Å². The highest BCUT2D eigenvalue weighted by atomic mass is 35.5. The summed E-state index contributed by atoms with van der Waals surface area (Å²) in [4.78, 5) is 24.4. The summed E-state index contributed by atoms with van der Waals surface area (Å²) in [7, 11) is 1.89. The van der Waals surface area contributed by atoms with Crippen molar-refractivity contribution in [1.29, 1.82) is 0 Å². The smallest absolute Gasteiger partial charge is 0.251 e. The molecular formula is C19H25ClN4O2. The Hall–Kier alpha value is -2.34. The summed E-state index contributed by atoms with van der Waals surface area (Å²) in [6.07, 6.45) is 0.911. The van der Waals surface area contributed by atoms with Gasteiger partial charge in [0.05, 0.1) is 16.4 Å². The van der Waals surface area contributed by atoms with Gasteiger partial charge in [0, 0.05) is 30.8 Å². The van der Waals surface area contributed by atoms with Gasteiger partial charge in [-0.15, -0.1) is 0 Å². The molecule has 0 aliphatic heterocycles. The number of benzene rings is 1. The molecule has 0 bridgehead atoms. The molecule has 0 aliphatic carbocycles. The number of amides is 2. The molecule has 0 radical (unpaired) electrons. The highest BCUT2D eigenvalue weighted by Crippen LogP contribution is 2.24. The van der Waals surface area contributed by atoms with Gasteiger partial charge in [-0.05, 0) is 57.9 Å². The lowest BCUT2D eigenvalue weighted by Gasteiger charge is -2.12. The third-order valence-electron chi connectivity index (χ3n) is 4.18. The van der Waals surface area contributed by atoms with Crippen LogP contribution in [0.15, 0.2) is 18.2 Å². The van der Waals surface area contributed by atoms with Crippen LogP contribution in [0.2, 0.25) is 5.02 Å². The van der Waals surface area contributed by atoms with E-state index in [4.69, 9.17) is 11.6 Å². The van der Waals surface area contributed by atoms with Crippen molar-refractivity contribution in [3.63, 3.8) is 0 Å². The number of carbonyl (C=O) groups excluding carboxylic acids is 2. The Morgan fingerprint density at radius 1 is 1.27 bits per heavy atom. The standard InChI is InChI=1S/C19H25ClN4O2/c1-11(2)21-19(26)14-6-8-16(20)17(10-14)22-18(25)9-7-15-12(3)23-24(5)13(15)4/h6,8,10-11H,7,9H2,1-5H3,(H,21,26)(H,22,25). The third-order valence-corrected chi connectivity index (χ3v) is 4.51. The van der Waals surface area contributed by atoms with E-state index in [2.05, 4.69) is 15.7 Å². The van der Waals surface area contributed by atoms with Crippen LogP contribution >= 0.6 is 11.6 Å². The van der Waals surface area contributed by atoms with Crippen LogP contribution in [0.25, 0.3) is 0 Å². The molecule has 0 aliphatic rings. The number of halogens is 1. The highest BCUT2D eigenvalue weighted by molar-refractivity contribution is 6.33. The molecule has 140 valence electrons. The Morgan fingerprint density at radius 2 is 1.96 bits per heavy atom. The van der Waals surface area contributed by atoms with Crippen LogP contribution in [0.4, 0.5) is 5.69 Å². The molecule has 0 atom stereocenters. The van der Waals surface area contributed by atoms with Crippen molar-refractivity contribution in [2.75, 3.05) is 5.32 Å². The molecule has 1 aromatic heterocycles. The van der Waals surface area contributed by atoms with Gasteiger partial charge in [0.1, 0.15) is 0 Å². The minimum absolute atomic E-state index is 0.0298. The number of rotatable bonds is 6. The normalized spacial score (nSPS) is 10.9. The monoisotopic (exact) mass is 376 g/mol. The molecule has 1 aromatic carbocycles. The van der Waals surface area contributed by atoms with E-state index >= 15 is 0 Å². The Kier molecular flexibility index (Phi) is 6.42. The van der Waals surface area contributed by atoms with Gasteiger partial charge in [-0.25, -0.2) is 0 Å². The minimum atomic E-state index is -0.200. The molecule has 2 N–H and O–H groups in total. The van der Waals surface area contributed by atoms with E-state index < -0.39 is 0 Å². The lowest BCUT2D eigenvalue weighted by atomic mass is 10.1. The van der Waals surface area contributed by atoms with Gasteiger partial charge in [0.25, 0.3) is 5.91 Å². The average molecular weight is 377 g/mol. The van der Waals surface area contributed by atoms with Crippen LogP contribution in [0, 0.1) is 13.8 Å². The molecule has 0 spiro atoms. The van der Waals surface area contributed by atoms with Gasteiger partial charge in [-0.2, -0.15) is 5.10 Å². The van der Waals surface area contributed by atoms with Crippen LogP contribution in [0.1, 0.15) is 47.6 Å². The van der Waals surface area contributed by atoms with E-state index in [9.17, 15) is 9.59 Å². The Bertz CT molecular complexity index is 827. The molecule has 0 saturated heterocycles. The first-order chi connectivity index (χ1) is 12.2. The number of aromatic nitrogens is 2. The van der Waals surface area contributed by atoms with Crippen LogP contribution in [0.3, 0.4) is 0 Å². The maximum atomic E-state index is 12.3. The molecule has 6 nitrogen and oxygen atoms in total. The summed E-state index contributed by atoms with van der Waals surface area (Å²) in [5.74, 6) is -0.357. The molecular weight excluding hydrogens is 352 g/mol. The van der Waals surface area contributed by atoms with Crippen molar-refractivity contribution >= 4 is 29.1 Å². The summed E-state index contributed by atoms with van der Waals surface area (Å²) in [5, 5.41) is 10.4. The van der Waals surface area contributed by atoms with Gasteiger partial charge in [-0.3, -0.25) is 14.3 Å². The molecule has 0 saturated carbocycles. The van der Waals surface area contributed by atoms with Crippen molar-refractivity contribution in [2.45, 2.75) is 46.6 Å². The number of nitrogens with zero attached hydrogens (tertiary/aromatic N) is 2. The van der Waals surface area contributed by atoms with Crippen LogP contribution in [-0.2, 0) is 18.3 Å². The Balaban J connectivity index is 2.05. The van der Waals surface area contributed by atoms with Crippen molar-refractivity contribution in [1.82, 2.24) is 15.1 Å². The van der Waals surface area contributed by atoms with Crippen molar-refractivity contribution < 1.29 is 9.59 Å². The Morgan fingerprint density at radius 3 is 2.54 bits per heavy atom. The molecule has 2 amide bonds. The third kappa shape index (κ3) is 4.85. The number of aryl methyl sites for hydroxylation is 2. The van der Waals surface area contributed by atoms with Crippen molar-refractivity contribution in [3.8, 4) is 0 Å². The van der Waals surface area contributed by atoms with Gasteiger partial charge >= 0.3 is 0 Å². The lowest BCUT2D eigenvalue weighted by molar-refractivity contribution is -0.116. The molecule has 7 heteroatoms. The zero-order valence-electron chi connectivity index (χ0n) is 15.8. The number of carbonyl (C=O) groups is 2. The van der Waals surface area contributed by atoms with Crippen LogP contribution in [-0.4, -0.2) is 27.6 Å². The largest absolute Gasteiger partial charge is 0.350 e. The molecule has 2 rings (SSSR count). The predicted octanol–water partition coefficient (Wildman–Crippen LogP) is 3.40. The van der Waals surface area contributed by atoms with Crippen LogP contribution in [0.5, 0.6) is 0 Å². The van der Waals surface area contributed by atoms with Gasteiger partial charge in [0.15, 0.2) is 0 Å². The average Bonchev–Trinajstić information content (AvgIpc) is 2.79. The fourth-order valence-corrected chi connectivity index (χ4v) is 2.90. The predicted molar refractivity (Wildman–Crippen MR) is 104 cm³/mol. The maximum Gasteiger partial charge on any atom is 0.251 e. The summed E-state index contributed by atoms with van der Waals surface area (Å²) < 4.78 is 1.82. The molecule has 2 aromatic rings. The van der Waals surface area contributed by atoms with Gasteiger partial charge < -0.3 is 10.6 Å². The fraction of sp³-hybridized carbons (Fsp3) is 0.421. The first kappa shape index (κ1) is 20.0. The SMILES string of the molecule is Cc1nn(C)c(C)c1CCC(=O)Nc1cc(C(=O)NC(C)C)ccc1Cl. The van der Waals surface area contributed by atoms with Crippen LogP contribution < -0.4 is 10.6 Å². The van der Waals surface area contributed by atoms with Crippen molar-refractivity contribution in [2.24, 2.45) is 7.05 Å². The quantitative estimate of drug-likeness (QED) is 0.811. The lowest BCUT2D eigenvalue weighted by Crippen LogP contribution is -2.30. The zero-order valence-corrected chi connectivity index (χ0v) is 16.6. The van der Waals surface area contributed by atoms with E-state index in [0.29, 0.717) is 29.1 Å². The van der Waals surface area contributed by atoms with Crippen molar-refractivity contribution in [3.05, 3.63) is 45.7 Å². The van der Waals surface area contributed by atoms with Gasteiger partial charge in [-0.1, -0.05) is 11.6 Å². The second-order valence-electron chi connectivity index (χ2n) is 6.64. The summed E-state index contributed by atoms with van der Waals surface area (Å²) in [6, 6.07) is 4.88. The highest BCUT2D eigenvalue weighted by Gasteiger charge is 2.14. The summed E-state index contributed by atoms with van der Waals surface area (Å²) in [6.45, 7) is 7.70. The number of hydrogen-bond acceptors (Lipinski definition) is 3. The second kappa shape index (κ2) is 8.36. The van der Waals surface area contributed by atoms with E-state index in [1.54, 1.807) is 18.2 Å². The fourth-order valence-electron chi connectivity index (χ4n) is 2.74. The van der Waals surface area contributed by atoms with E-state index in [0.717, 1.165) is 17.0 Å². The van der Waals surface area contributed by atoms with E-state index in [1.807, 2.05) is 39.4 Å². The number of hydrogen-bond donors (Lipinski definition) is 2. The second-order valence-corrected chi connectivity index (χ2v) is 7.05. The Labute approximate surface area is 158 Å². The number of anilines is 1. The van der Waals surface area contributed by atoms with E-state index in [1.165, 1.54) is 0 Å². The molecule has 1 heterocycles. The zero-order chi connectivity index (χ0) is 19.4. The summed E-state index contributed by atoms with van der Waals surface area (Å²) in [5.41, 5.74) is 3.97. The molecule has 26 heavy (non-hydrogen) atoms. The van der Waals surface area contributed by atoms with E-state index in [-0.39, 0.29) is 17.9 Å². The molecule has 0 unspecified atom stereocenters. The number of nitrogens with one attached hydrogen (secondary N) is 2. The minimum Gasteiger partial charge on any atom is -0.350 e. The molecule has 0 fully saturated rings. The first-order valence-corrected chi connectivity index (χ1v) is 8.96. The summed E-state index contributed by atoms with van der Waals surface area (Å²) >= 11 is 6.16. The maximum absolute atomic E-state index is 12.3. The first-order valence-electron chi connectivity index (χ1n) is 8.58. The van der Waals surface area contributed by atoms with Gasteiger partial charge in [0.2, 0.25) is 5.91 Å².